The van der Waals surface area contributed by atoms with Crippen molar-refractivity contribution < 1.29 is 19.5 Å². The van der Waals surface area contributed by atoms with Gasteiger partial charge in [0.15, 0.2) is 0 Å². The SMILES string of the molecule is O=C1CC2(CCCCCC2)N(C(=O)c2ccc(C(=O)O)nc2)N1. The number of hydrogen-bond acceptors (Lipinski definition) is 4. The molecule has 7 heteroatoms. The lowest BCUT2D eigenvalue weighted by molar-refractivity contribution is -0.120. The molecule has 1 aromatic heterocycles. The molecule has 0 atom stereocenters. The minimum atomic E-state index is -1.14. The third kappa shape index (κ3) is 2.91. The smallest absolute Gasteiger partial charge is 0.354 e. The number of carboxylic acid groups (broad SMARTS) is 1. The molecule has 1 aliphatic carbocycles. The van der Waals surface area contributed by atoms with E-state index in [2.05, 4.69) is 10.4 Å². The molecule has 7 nitrogen and oxygen atoms in total. The Bertz CT molecular complexity index is 633. The predicted molar refractivity (Wildman–Crippen MR) is 80.6 cm³/mol. The van der Waals surface area contributed by atoms with Crippen LogP contribution in [0.5, 0.6) is 0 Å². The number of carbonyl (C=O) groups excluding carboxylic acids is 2. The maximum atomic E-state index is 12.8. The fraction of sp³-hybridized carbons (Fsp3) is 0.500. The third-order valence-corrected chi connectivity index (χ3v) is 4.67. The van der Waals surface area contributed by atoms with Gasteiger partial charge in [0.2, 0.25) is 5.91 Å². The Hall–Kier alpha value is -2.44. The third-order valence-electron chi connectivity index (χ3n) is 4.67. The van der Waals surface area contributed by atoms with Gasteiger partial charge in [0, 0.05) is 6.20 Å². The summed E-state index contributed by atoms with van der Waals surface area (Å²) in [6.45, 7) is 0. The van der Waals surface area contributed by atoms with Crippen LogP contribution in [0.1, 0.15) is 65.8 Å². The summed E-state index contributed by atoms with van der Waals surface area (Å²) in [5, 5.41) is 10.3. The van der Waals surface area contributed by atoms with Crippen molar-refractivity contribution in [1.82, 2.24) is 15.4 Å². The van der Waals surface area contributed by atoms with Crippen LogP contribution in [0.25, 0.3) is 0 Å². The summed E-state index contributed by atoms with van der Waals surface area (Å²) in [4.78, 5) is 39.3. The summed E-state index contributed by atoms with van der Waals surface area (Å²) in [5.41, 5.74) is 2.38. The van der Waals surface area contributed by atoms with Crippen molar-refractivity contribution in [2.45, 2.75) is 50.5 Å². The first-order chi connectivity index (χ1) is 11.0. The minimum absolute atomic E-state index is 0.115. The van der Waals surface area contributed by atoms with E-state index in [1.54, 1.807) is 0 Å². The van der Waals surface area contributed by atoms with E-state index in [4.69, 9.17) is 5.11 Å². The zero-order valence-electron chi connectivity index (χ0n) is 12.7. The standard InChI is InChI=1S/C16H19N3O4/c20-13-9-16(7-3-1-2-4-8-16)19(18-13)14(21)11-5-6-12(15(22)23)17-10-11/h5-6,10H,1-4,7-9H2,(H,18,20)(H,22,23). The highest BCUT2D eigenvalue weighted by molar-refractivity contribution is 5.98. The van der Waals surface area contributed by atoms with Gasteiger partial charge < -0.3 is 5.11 Å². The minimum Gasteiger partial charge on any atom is -0.477 e. The molecule has 1 spiro atoms. The number of hydrogen-bond donors (Lipinski definition) is 2. The Morgan fingerprint density at radius 3 is 2.43 bits per heavy atom. The first-order valence-electron chi connectivity index (χ1n) is 7.85. The Kier molecular flexibility index (Phi) is 4.02. The van der Waals surface area contributed by atoms with E-state index in [1.807, 2.05) is 0 Å². The van der Waals surface area contributed by atoms with Crippen LogP contribution in [-0.4, -0.2) is 38.4 Å². The molecule has 0 aromatic carbocycles. The number of rotatable bonds is 2. The monoisotopic (exact) mass is 317 g/mol. The Morgan fingerprint density at radius 2 is 1.87 bits per heavy atom. The molecule has 23 heavy (non-hydrogen) atoms. The van der Waals surface area contributed by atoms with Gasteiger partial charge in [-0.1, -0.05) is 25.7 Å². The maximum Gasteiger partial charge on any atom is 0.354 e. The summed E-state index contributed by atoms with van der Waals surface area (Å²) in [5.74, 6) is -1.61. The van der Waals surface area contributed by atoms with Gasteiger partial charge in [-0.15, -0.1) is 0 Å². The lowest BCUT2D eigenvalue weighted by Crippen LogP contribution is -2.51. The predicted octanol–water partition coefficient (Wildman–Crippen LogP) is 1.75. The molecule has 0 bridgehead atoms. The fourth-order valence-corrected chi connectivity index (χ4v) is 3.49. The van der Waals surface area contributed by atoms with E-state index in [0.29, 0.717) is 6.42 Å². The van der Waals surface area contributed by atoms with Gasteiger partial charge in [0.05, 0.1) is 17.5 Å². The molecule has 2 amide bonds. The van der Waals surface area contributed by atoms with Gasteiger partial charge in [-0.3, -0.25) is 15.0 Å². The second-order valence-corrected chi connectivity index (χ2v) is 6.23. The number of aromatic carboxylic acids is 1. The topological polar surface area (TPSA) is 99.6 Å². The number of amides is 2. The van der Waals surface area contributed by atoms with Gasteiger partial charge in [0.25, 0.3) is 5.91 Å². The molecule has 2 N–H and O–H groups in total. The number of nitrogens with zero attached hydrogens (tertiary/aromatic N) is 2. The van der Waals surface area contributed by atoms with E-state index >= 15 is 0 Å². The van der Waals surface area contributed by atoms with Crippen LogP contribution < -0.4 is 5.43 Å². The van der Waals surface area contributed by atoms with Crippen LogP contribution in [0, 0.1) is 0 Å². The summed E-state index contributed by atoms with van der Waals surface area (Å²) in [6.07, 6.45) is 7.42. The van der Waals surface area contributed by atoms with Gasteiger partial charge >= 0.3 is 5.97 Å². The maximum absolute atomic E-state index is 12.8. The van der Waals surface area contributed by atoms with E-state index in [1.165, 1.54) is 23.3 Å². The van der Waals surface area contributed by atoms with Crippen molar-refractivity contribution in [1.29, 1.82) is 0 Å². The number of pyridine rings is 1. The molecule has 0 unspecified atom stereocenters. The van der Waals surface area contributed by atoms with Crippen molar-refractivity contribution in [2.24, 2.45) is 0 Å². The van der Waals surface area contributed by atoms with Gasteiger partial charge in [-0.05, 0) is 25.0 Å². The molecule has 1 saturated heterocycles. The number of nitrogens with one attached hydrogen (secondary N) is 1. The fourth-order valence-electron chi connectivity index (χ4n) is 3.49. The Morgan fingerprint density at radius 1 is 1.17 bits per heavy atom. The van der Waals surface area contributed by atoms with Crippen LogP contribution in [0.2, 0.25) is 0 Å². The second-order valence-electron chi connectivity index (χ2n) is 6.23. The molecule has 0 radical (unpaired) electrons. The van der Waals surface area contributed by atoms with Gasteiger partial charge in [0.1, 0.15) is 5.69 Å². The number of carboxylic acids is 1. The molecule has 1 aliphatic heterocycles. The highest BCUT2D eigenvalue weighted by Crippen LogP contribution is 2.38. The van der Waals surface area contributed by atoms with Gasteiger partial charge in [-0.25, -0.2) is 14.8 Å². The van der Waals surface area contributed by atoms with E-state index in [9.17, 15) is 14.4 Å². The van der Waals surface area contributed by atoms with Crippen LogP contribution in [0.15, 0.2) is 18.3 Å². The van der Waals surface area contributed by atoms with Crippen molar-refractivity contribution in [3.05, 3.63) is 29.6 Å². The van der Waals surface area contributed by atoms with Crippen LogP contribution in [0.3, 0.4) is 0 Å². The zero-order chi connectivity index (χ0) is 16.4. The largest absolute Gasteiger partial charge is 0.477 e. The average Bonchev–Trinajstić information content (AvgIpc) is 2.71. The normalized spacial score (nSPS) is 20.2. The van der Waals surface area contributed by atoms with E-state index < -0.39 is 11.5 Å². The Balaban J connectivity index is 1.87. The molecule has 122 valence electrons. The van der Waals surface area contributed by atoms with Crippen LogP contribution in [-0.2, 0) is 4.79 Å². The van der Waals surface area contributed by atoms with Crippen LogP contribution >= 0.6 is 0 Å². The molecular formula is C16H19N3O4. The zero-order valence-corrected chi connectivity index (χ0v) is 12.7. The summed E-state index contributed by atoms with van der Waals surface area (Å²) in [6, 6.07) is 2.74. The van der Waals surface area contributed by atoms with Crippen molar-refractivity contribution in [3.8, 4) is 0 Å². The first kappa shape index (κ1) is 15.5. The Labute approximate surface area is 133 Å². The highest BCUT2D eigenvalue weighted by atomic mass is 16.4. The van der Waals surface area contributed by atoms with Gasteiger partial charge in [-0.2, -0.15) is 0 Å². The van der Waals surface area contributed by atoms with Crippen molar-refractivity contribution in [3.63, 3.8) is 0 Å². The number of carbonyl (C=O) groups is 3. The number of aromatic nitrogens is 1. The summed E-state index contributed by atoms with van der Waals surface area (Å²) >= 11 is 0. The highest BCUT2D eigenvalue weighted by Gasteiger charge is 2.47. The lowest BCUT2D eigenvalue weighted by atomic mass is 9.87. The summed E-state index contributed by atoms with van der Waals surface area (Å²) in [7, 11) is 0. The lowest BCUT2D eigenvalue weighted by Gasteiger charge is -2.36. The first-order valence-corrected chi connectivity index (χ1v) is 7.85. The van der Waals surface area contributed by atoms with Crippen molar-refractivity contribution >= 4 is 17.8 Å². The molecule has 2 aliphatic rings. The molecule has 2 heterocycles. The van der Waals surface area contributed by atoms with E-state index in [-0.39, 0.29) is 23.1 Å². The molecule has 3 rings (SSSR count). The van der Waals surface area contributed by atoms with Crippen LogP contribution in [0.4, 0.5) is 0 Å². The quantitative estimate of drug-likeness (QED) is 0.865. The average molecular weight is 317 g/mol. The number of hydrazine groups is 1. The molecular weight excluding hydrogens is 298 g/mol. The van der Waals surface area contributed by atoms with Crippen molar-refractivity contribution in [2.75, 3.05) is 0 Å². The molecule has 2 fully saturated rings. The molecule has 1 aromatic rings. The molecule has 1 saturated carbocycles. The van der Waals surface area contributed by atoms with E-state index in [0.717, 1.165) is 38.5 Å². The second kappa shape index (κ2) is 5.98. The summed E-state index contributed by atoms with van der Waals surface area (Å²) < 4.78 is 0.